The molecule has 1 heterocycles. The van der Waals surface area contributed by atoms with E-state index in [4.69, 9.17) is 0 Å². The Kier molecular flexibility index (Phi) is 5.65. The van der Waals surface area contributed by atoms with Crippen LogP contribution in [-0.4, -0.2) is 23.6 Å². The number of carbonyl (C=O) groups excluding carboxylic acids is 1. The van der Waals surface area contributed by atoms with Crippen LogP contribution in [0.2, 0.25) is 0 Å². The van der Waals surface area contributed by atoms with Crippen molar-refractivity contribution in [2.75, 3.05) is 13.1 Å². The molecule has 1 atom stereocenters. The first-order valence-corrected chi connectivity index (χ1v) is 7.93. The molecule has 0 spiro atoms. The number of amides is 1. The van der Waals surface area contributed by atoms with Crippen LogP contribution in [0.1, 0.15) is 56.7 Å². The van der Waals surface area contributed by atoms with Gasteiger partial charge in [-0.25, -0.2) is 0 Å². The fourth-order valence-electron chi connectivity index (χ4n) is 3.02. The zero-order valence-electron chi connectivity index (χ0n) is 12.7. The molecule has 2 rings (SSSR count). The van der Waals surface area contributed by atoms with Gasteiger partial charge in [-0.15, -0.1) is 0 Å². The average Bonchev–Trinajstić information content (AvgIpc) is 2.75. The largest absolute Gasteiger partial charge is 0.356 e. The summed E-state index contributed by atoms with van der Waals surface area (Å²) < 4.78 is 2.19. The SMILES string of the molecule is CCNC(=O)CCn1cc2c(c1)C(NCC)CCCC2. The highest BCUT2D eigenvalue weighted by Gasteiger charge is 2.19. The van der Waals surface area contributed by atoms with E-state index in [-0.39, 0.29) is 5.91 Å². The summed E-state index contributed by atoms with van der Waals surface area (Å²) in [7, 11) is 0. The molecule has 112 valence electrons. The minimum atomic E-state index is 0.139. The Labute approximate surface area is 121 Å². The highest BCUT2D eigenvalue weighted by molar-refractivity contribution is 5.75. The lowest BCUT2D eigenvalue weighted by Gasteiger charge is -2.15. The van der Waals surface area contributed by atoms with Gasteiger partial charge in [0.2, 0.25) is 5.91 Å². The van der Waals surface area contributed by atoms with Gasteiger partial charge in [-0.2, -0.15) is 0 Å². The maximum atomic E-state index is 11.5. The van der Waals surface area contributed by atoms with E-state index in [0.29, 0.717) is 19.0 Å². The molecular weight excluding hydrogens is 250 g/mol. The summed E-state index contributed by atoms with van der Waals surface area (Å²) in [5, 5.41) is 6.44. The van der Waals surface area contributed by atoms with Gasteiger partial charge in [0.1, 0.15) is 0 Å². The van der Waals surface area contributed by atoms with Crippen LogP contribution in [0, 0.1) is 0 Å². The minimum Gasteiger partial charge on any atom is -0.356 e. The summed E-state index contributed by atoms with van der Waals surface area (Å²) in [6.07, 6.45) is 10.0. The van der Waals surface area contributed by atoms with Crippen molar-refractivity contribution in [1.82, 2.24) is 15.2 Å². The molecule has 1 aliphatic carbocycles. The second kappa shape index (κ2) is 7.48. The number of aromatic nitrogens is 1. The number of nitrogens with zero attached hydrogens (tertiary/aromatic N) is 1. The summed E-state index contributed by atoms with van der Waals surface area (Å²) in [4.78, 5) is 11.5. The third kappa shape index (κ3) is 3.85. The first-order valence-electron chi connectivity index (χ1n) is 7.93. The van der Waals surface area contributed by atoms with Gasteiger partial charge in [-0.05, 0) is 43.9 Å². The third-order valence-electron chi connectivity index (χ3n) is 3.98. The van der Waals surface area contributed by atoms with E-state index in [1.807, 2.05) is 6.92 Å². The van der Waals surface area contributed by atoms with Gasteiger partial charge in [-0.1, -0.05) is 13.3 Å². The number of fused-ring (bicyclic) bond motifs is 1. The predicted octanol–water partition coefficient (Wildman–Crippen LogP) is 2.39. The Bertz CT molecular complexity index is 439. The van der Waals surface area contributed by atoms with E-state index in [2.05, 4.69) is 34.5 Å². The molecule has 4 nitrogen and oxygen atoms in total. The maximum absolute atomic E-state index is 11.5. The number of aryl methyl sites for hydroxylation is 2. The molecule has 20 heavy (non-hydrogen) atoms. The van der Waals surface area contributed by atoms with Crippen LogP contribution < -0.4 is 10.6 Å². The molecule has 0 saturated heterocycles. The van der Waals surface area contributed by atoms with Crippen LogP contribution in [0.25, 0.3) is 0 Å². The van der Waals surface area contributed by atoms with Gasteiger partial charge in [0.25, 0.3) is 0 Å². The molecular formula is C16H27N3O. The molecule has 0 saturated carbocycles. The minimum absolute atomic E-state index is 0.139. The standard InChI is InChI=1S/C16H27N3O/c1-3-17-15-8-6-5-7-13-11-19(12-14(13)15)10-9-16(20)18-4-2/h11-12,15,17H,3-10H2,1-2H3,(H,18,20). The lowest BCUT2D eigenvalue weighted by Crippen LogP contribution is -2.23. The van der Waals surface area contributed by atoms with Crippen molar-refractivity contribution < 1.29 is 4.79 Å². The molecule has 0 aromatic carbocycles. The van der Waals surface area contributed by atoms with Crippen molar-refractivity contribution >= 4 is 5.91 Å². The highest BCUT2D eigenvalue weighted by atomic mass is 16.1. The molecule has 0 aliphatic heterocycles. The van der Waals surface area contributed by atoms with Crippen LogP contribution in [0.3, 0.4) is 0 Å². The molecule has 0 radical (unpaired) electrons. The zero-order chi connectivity index (χ0) is 14.4. The highest BCUT2D eigenvalue weighted by Crippen LogP contribution is 2.29. The monoisotopic (exact) mass is 277 g/mol. The quantitative estimate of drug-likeness (QED) is 0.784. The van der Waals surface area contributed by atoms with Crippen molar-refractivity contribution in [3.05, 3.63) is 23.5 Å². The van der Waals surface area contributed by atoms with Gasteiger partial charge in [0.15, 0.2) is 0 Å². The number of hydrogen-bond donors (Lipinski definition) is 2. The average molecular weight is 277 g/mol. The van der Waals surface area contributed by atoms with Gasteiger partial charge in [0, 0.05) is 37.9 Å². The fourth-order valence-corrected chi connectivity index (χ4v) is 3.02. The van der Waals surface area contributed by atoms with E-state index in [1.165, 1.54) is 36.8 Å². The van der Waals surface area contributed by atoms with Gasteiger partial charge >= 0.3 is 0 Å². The molecule has 1 aromatic heterocycles. The number of carbonyl (C=O) groups is 1. The molecule has 1 aromatic rings. The zero-order valence-corrected chi connectivity index (χ0v) is 12.7. The van der Waals surface area contributed by atoms with Crippen molar-refractivity contribution in [2.45, 2.75) is 58.5 Å². The van der Waals surface area contributed by atoms with Crippen molar-refractivity contribution in [2.24, 2.45) is 0 Å². The smallest absolute Gasteiger partial charge is 0.221 e. The second-order valence-corrected chi connectivity index (χ2v) is 5.54. The van der Waals surface area contributed by atoms with E-state index >= 15 is 0 Å². The summed E-state index contributed by atoms with van der Waals surface area (Å²) in [6, 6.07) is 0.489. The Hall–Kier alpha value is -1.29. The third-order valence-corrected chi connectivity index (χ3v) is 3.98. The van der Waals surface area contributed by atoms with Crippen LogP contribution in [0.5, 0.6) is 0 Å². The van der Waals surface area contributed by atoms with E-state index in [0.717, 1.165) is 13.1 Å². The predicted molar refractivity (Wildman–Crippen MR) is 81.7 cm³/mol. The van der Waals surface area contributed by atoms with Crippen molar-refractivity contribution in [3.63, 3.8) is 0 Å². The van der Waals surface area contributed by atoms with Gasteiger partial charge in [0.05, 0.1) is 0 Å². The molecule has 1 aliphatic rings. The Morgan fingerprint density at radius 2 is 2.15 bits per heavy atom. The molecule has 0 bridgehead atoms. The summed E-state index contributed by atoms with van der Waals surface area (Å²) in [5.41, 5.74) is 2.91. The molecule has 0 fully saturated rings. The number of nitrogens with one attached hydrogen (secondary N) is 2. The lowest BCUT2D eigenvalue weighted by molar-refractivity contribution is -0.121. The summed E-state index contributed by atoms with van der Waals surface area (Å²) in [5.74, 6) is 0.139. The number of hydrogen-bond acceptors (Lipinski definition) is 2. The van der Waals surface area contributed by atoms with Gasteiger partial charge in [-0.3, -0.25) is 4.79 Å². The first kappa shape index (κ1) is 15.1. The fraction of sp³-hybridized carbons (Fsp3) is 0.688. The normalized spacial score (nSPS) is 18.4. The van der Waals surface area contributed by atoms with Crippen LogP contribution >= 0.6 is 0 Å². The maximum Gasteiger partial charge on any atom is 0.221 e. The summed E-state index contributed by atoms with van der Waals surface area (Å²) >= 11 is 0. The molecule has 1 unspecified atom stereocenters. The second-order valence-electron chi connectivity index (χ2n) is 5.54. The first-order chi connectivity index (χ1) is 9.74. The number of rotatable bonds is 6. The molecule has 4 heteroatoms. The summed E-state index contributed by atoms with van der Waals surface area (Å²) in [6.45, 7) is 6.61. The Balaban J connectivity index is 2.02. The Morgan fingerprint density at radius 3 is 2.90 bits per heavy atom. The van der Waals surface area contributed by atoms with E-state index < -0.39 is 0 Å². The lowest BCUT2D eigenvalue weighted by atomic mass is 10.0. The van der Waals surface area contributed by atoms with E-state index in [1.54, 1.807) is 0 Å². The van der Waals surface area contributed by atoms with Crippen molar-refractivity contribution in [3.8, 4) is 0 Å². The Morgan fingerprint density at radius 1 is 1.30 bits per heavy atom. The topological polar surface area (TPSA) is 46.1 Å². The van der Waals surface area contributed by atoms with Gasteiger partial charge < -0.3 is 15.2 Å². The van der Waals surface area contributed by atoms with E-state index in [9.17, 15) is 4.79 Å². The van der Waals surface area contributed by atoms with Crippen LogP contribution in [-0.2, 0) is 17.8 Å². The van der Waals surface area contributed by atoms with Crippen molar-refractivity contribution in [1.29, 1.82) is 0 Å². The van der Waals surface area contributed by atoms with Crippen LogP contribution in [0.15, 0.2) is 12.4 Å². The van der Waals surface area contributed by atoms with Crippen LogP contribution in [0.4, 0.5) is 0 Å². The molecule has 1 amide bonds. The molecule has 2 N–H and O–H groups in total.